The standard InChI is InChI=1S/C15H22N2O8/c18-11(10-16(19)20)3-5-13(17(21)22)12(14-2-1-7-23-14)4-6-15-24-8-9-25-15/h1-2,7,11-13,15,18H,3-6,8-10H2. The number of aliphatic hydroxyl groups excluding tert-OH is 1. The first kappa shape index (κ1) is 19.3. The monoisotopic (exact) mass is 358 g/mol. The van der Waals surface area contributed by atoms with Crippen LogP contribution in [0.25, 0.3) is 0 Å². The van der Waals surface area contributed by atoms with E-state index < -0.39 is 34.5 Å². The Bertz CT molecular complexity index is 544. The number of ether oxygens (including phenoxy) is 2. The summed E-state index contributed by atoms with van der Waals surface area (Å²) in [6.07, 6.45) is 0.729. The van der Waals surface area contributed by atoms with Crippen LogP contribution in [-0.4, -0.2) is 53.1 Å². The summed E-state index contributed by atoms with van der Waals surface area (Å²) in [5.74, 6) is -0.0518. The van der Waals surface area contributed by atoms with Crippen LogP contribution in [0, 0.1) is 20.2 Å². The molecule has 2 heterocycles. The van der Waals surface area contributed by atoms with E-state index in [4.69, 9.17) is 13.9 Å². The summed E-state index contributed by atoms with van der Waals surface area (Å²) >= 11 is 0. The molecule has 140 valence electrons. The normalized spacial score (nSPS) is 18.8. The van der Waals surface area contributed by atoms with E-state index in [9.17, 15) is 25.3 Å². The molecule has 0 saturated carbocycles. The van der Waals surface area contributed by atoms with Crippen LogP contribution in [0.2, 0.25) is 0 Å². The summed E-state index contributed by atoms with van der Waals surface area (Å²) in [4.78, 5) is 20.9. The highest BCUT2D eigenvalue weighted by atomic mass is 16.7. The van der Waals surface area contributed by atoms with Gasteiger partial charge in [0.2, 0.25) is 12.6 Å². The van der Waals surface area contributed by atoms with Crippen molar-refractivity contribution in [2.24, 2.45) is 0 Å². The van der Waals surface area contributed by atoms with Crippen LogP contribution in [0.3, 0.4) is 0 Å². The molecule has 3 unspecified atom stereocenters. The van der Waals surface area contributed by atoms with Crippen LogP contribution in [-0.2, 0) is 9.47 Å². The maximum Gasteiger partial charge on any atom is 0.229 e. The quantitative estimate of drug-likeness (QED) is 0.465. The smallest absolute Gasteiger partial charge is 0.229 e. The molecule has 0 spiro atoms. The van der Waals surface area contributed by atoms with E-state index in [1.54, 1.807) is 12.1 Å². The Morgan fingerprint density at radius 3 is 2.48 bits per heavy atom. The van der Waals surface area contributed by atoms with Crippen molar-refractivity contribution in [2.75, 3.05) is 19.8 Å². The third kappa shape index (κ3) is 6.07. The van der Waals surface area contributed by atoms with E-state index in [0.29, 0.717) is 31.8 Å². The molecule has 1 aromatic rings. The Morgan fingerprint density at radius 2 is 1.92 bits per heavy atom. The van der Waals surface area contributed by atoms with Gasteiger partial charge in [-0.1, -0.05) is 0 Å². The average Bonchev–Trinajstić information content (AvgIpc) is 3.22. The van der Waals surface area contributed by atoms with Crippen LogP contribution in [0.5, 0.6) is 0 Å². The second-order valence-electron chi connectivity index (χ2n) is 5.97. The SMILES string of the molecule is O=[N+]([O-])CC(O)CCC(C(CCC1OCCO1)c1ccco1)[N+](=O)[O-]. The second-order valence-corrected chi connectivity index (χ2v) is 5.97. The molecule has 10 nitrogen and oxygen atoms in total. The molecular weight excluding hydrogens is 336 g/mol. The molecule has 0 aromatic carbocycles. The Balaban J connectivity index is 2.02. The summed E-state index contributed by atoms with van der Waals surface area (Å²) in [5, 5.41) is 31.6. The van der Waals surface area contributed by atoms with Gasteiger partial charge in [-0.3, -0.25) is 20.2 Å². The van der Waals surface area contributed by atoms with Crippen molar-refractivity contribution < 1.29 is 28.8 Å². The van der Waals surface area contributed by atoms with Gasteiger partial charge in [0.1, 0.15) is 11.9 Å². The predicted octanol–water partition coefficient (Wildman–Crippen LogP) is 1.58. The highest BCUT2D eigenvalue weighted by Gasteiger charge is 2.36. The fourth-order valence-corrected chi connectivity index (χ4v) is 3.00. The lowest BCUT2D eigenvalue weighted by Crippen LogP contribution is -2.31. The van der Waals surface area contributed by atoms with Gasteiger partial charge >= 0.3 is 0 Å². The number of furan rings is 1. The van der Waals surface area contributed by atoms with Gasteiger partial charge < -0.3 is 19.0 Å². The highest BCUT2D eigenvalue weighted by Crippen LogP contribution is 2.31. The number of hydrogen-bond acceptors (Lipinski definition) is 8. The third-order valence-electron chi connectivity index (χ3n) is 4.20. The number of rotatable bonds is 11. The van der Waals surface area contributed by atoms with E-state index in [1.165, 1.54) is 6.26 Å². The molecule has 1 aliphatic heterocycles. The zero-order valence-corrected chi connectivity index (χ0v) is 13.7. The molecule has 1 fully saturated rings. The molecule has 1 aromatic heterocycles. The number of hydrogen-bond donors (Lipinski definition) is 1. The van der Waals surface area contributed by atoms with Gasteiger partial charge in [-0.05, 0) is 31.4 Å². The van der Waals surface area contributed by atoms with Gasteiger partial charge in [-0.15, -0.1) is 0 Å². The largest absolute Gasteiger partial charge is 0.469 e. The summed E-state index contributed by atoms with van der Waals surface area (Å²) in [6.45, 7) is 0.378. The maximum absolute atomic E-state index is 11.6. The third-order valence-corrected chi connectivity index (χ3v) is 4.20. The van der Waals surface area contributed by atoms with Crippen molar-refractivity contribution in [3.8, 4) is 0 Å². The molecule has 25 heavy (non-hydrogen) atoms. The molecule has 0 bridgehead atoms. The summed E-state index contributed by atoms with van der Waals surface area (Å²) in [6, 6.07) is 2.31. The Hall–Kier alpha value is -2.04. The van der Waals surface area contributed by atoms with Gasteiger partial charge in [0.05, 0.1) is 25.4 Å². The minimum atomic E-state index is -1.21. The van der Waals surface area contributed by atoms with Gasteiger partial charge in [0.15, 0.2) is 6.29 Å². The van der Waals surface area contributed by atoms with Crippen molar-refractivity contribution in [2.45, 2.75) is 50.0 Å². The van der Waals surface area contributed by atoms with E-state index in [1.807, 2.05) is 0 Å². The predicted molar refractivity (Wildman–Crippen MR) is 84.3 cm³/mol. The number of aliphatic hydroxyl groups is 1. The van der Waals surface area contributed by atoms with E-state index >= 15 is 0 Å². The highest BCUT2D eigenvalue weighted by molar-refractivity contribution is 5.07. The fraction of sp³-hybridized carbons (Fsp3) is 0.733. The van der Waals surface area contributed by atoms with Gasteiger partial charge in [-0.2, -0.15) is 0 Å². The Morgan fingerprint density at radius 1 is 1.20 bits per heavy atom. The van der Waals surface area contributed by atoms with Crippen molar-refractivity contribution in [1.29, 1.82) is 0 Å². The van der Waals surface area contributed by atoms with Crippen molar-refractivity contribution in [1.82, 2.24) is 0 Å². The molecular formula is C15H22N2O8. The van der Waals surface area contributed by atoms with E-state index in [-0.39, 0.29) is 19.1 Å². The van der Waals surface area contributed by atoms with Crippen LogP contribution in [0.1, 0.15) is 37.4 Å². The average molecular weight is 358 g/mol. The summed E-state index contributed by atoms with van der Waals surface area (Å²) in [7, 11) is 0. The fourth-order valence-electron chi connectivity index (χ4n) is 3.00. The van der Waals surface area contributed by atoms with Gasteiger partial charge in [0, 0.05) is 16.3 Å². The van der Waals surface area contributed by atoms with Crippen molar-refractivity contribution in [3.05, 3.63) is 44.4 Å². The molecule has 1 N–H and O–H groups in total. The molecule has 1 saturated heterocycles. The molecule has 0 amide bonds. The molecule has 10 heteroatoms. The first-order chi connectivity index (χ1) is 12.0. The second kappa shape index (κ2) is 9.44. The van der Waals surface area contributed by atoms with Crippen molar-refractivity contribution >= 4 is 0 Å². The zero-order chi connectivity index (χ0) is 18.2. The Kier molecular flexibility index (Phi) is 7.29. The lowest BCUT2D eigenvalue weighted by Gasteiger charge is -2.21. The molecule has 2 rings (SSSR count). The zero-order valence-electron chi connectivity index (χ0n) is 13.7. The summed E-state index contributed by atoms with van der Waals surface area (Å²) in [5.41, 5.74) is 0. The van der Waals surface area contributed by atoms with E-state index in [2.05, 4.69) is 0 Å². The van der Waals surface area contributed by atoms with Gasteiger partial charge in [0.25, 0.3) is 0 Å². The lowest BCUT2D eigenvalue weighted by molar-refractivity contribution is -0.530. The minimum absolute atomic E-state index is 0.0136. The van der Waals surface area contributed by atoms with Crippen LogP contribution in [0.4, 0.5) is 0 Å². The number of nitro groups is 2. The van der Waals surface area contributed by atoms with Crippen LogP contribution >= 0.6 is 0 Å². The first-order valence-electron chi connectivity index (χ1n) is 8.17. The molecule has 1 aliphatic rings. The summed E-state index contributed by atoms with van der Waals surface area (Å²) < 4.78 is 16.1. The number of nitrogens with zero attached hydrogens (tertiary/aromatic N) is 2. The van der Waals surface area contributed by atoms with Crippen LogP contribution in [0.15, 0.2) is 22.8 Å². The first-order valence-corrected chi connectivity index (χ1v) is 8.17. The van der Waals surface area contributed by atoms with Gasteiger partial charge in [-0.25, -0.2) is 0 Å². The van der Waals surface area contributed by atoms with Crippen molar-refractivity contribution in [3.63, 3.8) is 0 Å². The molecule has 0 aliphatic carbocycles. The van der Waals surface area contributed by atoms with Crippen LogP contribution < -0.4 is 0 Å². The molecule has 0 radical (unpaired) electrons. The lowest BCUT2D eigenvalue weighted by atomic mass is 9.88. The molecule has 3 atom stereocenters. The minimum Gasteiger partial charge on any atom is -0.469 e. The maximum atomic E-state index is 11.6. The topological polar surface area (TPSA) is 138 Å². The Labute approximate surface area is 144 Å². The van der Waals surface area contributed by atoms with E-state index in [0.717, 1.165) is 0 Å².